The van der Waals surface area contributed by atoms with Crippen molar-refractivity contribution in [2.24, 2.45) is 0 Å². The number of carbonyl (C=O) groups is 2. The highest BCUT2D eigenvalue weighted by Gasteiger charge is 2.22. The highest BCUT2D eigenvalue weighted by Crippen LogP contribution is 2.21. The van der Waals surface area contributed by atoms with E-state index in [4.69, 9.17) is 4.74 Å². The first-order chi connectivity index (χ1) is 9.78. The normalized spacial score (nSPS) is 12.0. The summed E-state index contributed by atoms with van der Waals surface area (Å²) in [5.74, 6) is 0. The Hall–Kier alpha value is -2.10. The molecule has 0 unspecified atom stereocenters. The minimum absolute atomic E-state index is 0.401. The van der Waals surface area contributed by atoms with E-state index in [0.717, 1.165) is 24.0 Å². The zero-order valence-electron chi connectivity index (χ0n) is 13.3. The van der Waals surface area contributed by atoms with Crippen LogP contribution in [0.15, 0.2) is 30.3 Å². The second-order valence-corrected chi connectivity index (χ2v) is 5.78. The molecule has 1 amide bonds. The summed E-state index contributed by atoms with van der Waals surface area (Å²) in [4.78, 5) is 24.4. The fourth-order valence-electron chi connectivity index (χ4n) is 1.80. The topological polar surface area (TPSA) is 46.6 Å². The van der Waals surface area contributed by atoms with Crippen LogP contribution in [0.3, 0.4) is 0 Å². The molecule has 0 aromatic heterocycles. The third kappa shape index (κ3) is 5.06. The monoisotopic (exact) mass is 289 g/mol. The van der Waals surface area contributed by atoms with E-state index in [0.29, 0.717) is 5.56 Å². The number of rotatable bonds is 4. The van der Waals surface area contributed by atoms with E-state index >= 15 is 0 Å². The lowest BCUT2D eigenvalue weighted by molar-refractivity contribution is 0.0387. The average molecular weight is 289 g/mol. The summed E-state index contributed by atoms with van der Waals surface area (Å²) in [6.07, 6.45) is 3.14. The Labute approximate surface area is 126 Å². The molecule has 0 aliphatic heterocycles. The average Bonchev–Trinajstić information content (AvgIpc) is 2.42. The lowest BCUT2D eigenvalue weighted by Gasteiger charge is -2.26. The highest BCUT2D eigenvalue weighted by molar-refractivity contribution is 5.83. The summed E-state index contributed by atoms with van der Waals surface area (Å²) in [5, 5.41) is 0. The van der Waals surface area contributed by atoms with Gasteiger partial charge in [-0.1, -0.05) is 37.3 Å². The third-order valence-corrected chi connectivity index (χ3v) is 2.77. The Balaban J connectivity index is 3.03. The molecule has 0 N–H and O–H groups in total. The molecule has 21 heavy (non-hydrogen) atoms. The summed E-state index contributed by atoms with van der Waals surface area (Å²) in [7, 11) is 1.68. The number of hydrogen-bond acceptors (Lipinski definition) is 3. The molecule has 4 heteroatoms. The molecule has 0 radical (unpaired) electrons. The number of allylic oxidation sites excluding steroid dienone is 1. The van der Waals surface area contributed by atoms with Crippen molar-refractivity contribution < 1.29 is 14.3 Å². The van der Waals surface area contributed by atoms with Gasteiger partial charge in [-0.2, -0.15) is 0 Å². The van der Waals surface area contributed by atoms with Crippen molar-refractivity contribution in [3.05, 3.63) is 41.5 Å². The molecule has 4 nitrogen and oxygen atoms in total. The maximum absolute atomic E-state index is 12.2. The van der Waals surface area contributed by atoms with Crippen LogP contribution in [-0.4, -0.2) is 29.9 Å². The largest absolute Gasteiger partial charge is 0.443 e. The molecule has 0 spiro atoms. The third-order valence-electron chi connectivity index (χ3n) is 2.77. The van der Waals surface area contributed by atoms with Gasteiger partial charge in [0.2, 0.25) is 0 Å². The lowest BCUT2D eigenvalue weighted by atomic mass is 10.1. The van der Waals surface area contributed by atoms with Gasteiger partial charge in [0.25, 0.3) is 0 Å². The van der Waals surface area contributed by atoms with Crippen LogP contribution in [0.2, 0.25) is 0 Å². The van der Waals surface area contributed by atoms with Crippen molar-refractivity contribution in [2.75, 3.05) is 7.05 Å². The molecule has 0 heterocycles. The highest BCUT2D eigenvalue weighted by atomic mass is 16.6. The summed E-state index contributed by atoms with van der Waals surface area (Å²) < 4.78 is 5.38. The molecule has 0 aliphatic carbocycles. The molecule has 0 saturated heterocycles. The molecule has 0 saturated carbocycles. The van der Waals surface area contributed by atoms with Crippen molar-refractivity contribution in [2.45, 2.75) is 39.7 Å². The van der Waals surface area contributed by atoms with E-state index in [1.807, 2.05) is 45.9 Å². The molecule has 0 atom stereocenters. The van der Waals surface area contributed by atoms with E-state index in [2.05, 4.69) is 0 Å². The fraction of sp³-hybridized carbons (Fsp3) is 0.412. The Morgan fingerprint density at radius 3 is 2.24 bits per heavy atom. The minimum Gasteiger partial charge on any atom is -0.443 e. The van der Waals surface area contributed by atoms with Crippen LogP contribution in [0, 0.1) is 0 Å². The Kier molecular flexibility index (Phi) is 5.70. The summed E-state index contributed by atoms with van der Waals surface area (Å²) >= 11 is 0. The number of ether oxygens (including phenoxy) is 1. The second-order valence-electron chi connectivity index (χ2n) is 5.78. The lowest BCUT2D eigenvalue weighted by Crippen LogP contribution is -2.33. The van der Waals surface area contributed by atoms with E-state index in [1.165, 1.54) is 4.90 Å². The molecule has 0 aliphatic rings. The quantitative estimate of drug-likeness (QED) is 0.783. The van der Waals surface area contributed by atoms with Crippen molar-refractivity contribution in [1.82, 2.24) is 4.90 Å². The Morgan fingerprint density at radius 1 is 1.24 bits per heavy atom. The number of amides is 1. The van der Waals surface area contributed by atoms with Gasteiger partial charge in [-0.05, 0) is 32.8 Å². The van der Waals surface area contributed by atoms with Gasteiger partial charge in [0.1, 0.15) is 11.9 Å². The number of carbonyl (C=O) groups excluding carboxylic acids is 2. The molecular weight excluding hydrogens is 266 g/mol. The number of hydrogen-bond donors (Lipinski definition) is 0. The van der Waals surface area contributed by atoms with Gasteiger partial charge in [-0.25, -0.2) is 4.79 Å². The molecule has 1 aromatic carbocycles. The maximum atomic E-state index is 12.2. The van der Waals surface area contributed by atoms with Crippen LogP contribution in [-0.2, 0) is 4.74 Å². The minimum atomic E-state index is -0.538. The molecule has 1 rings (SSSR count). The van der Waals surface area contributed by atoms with Crippen LogP contribution < -0.4 is 0 Å². The first-order valence-corrected chi connectivity index (χ1v) is 7.01. The van der Waals surface area contributed by atoms with Crippen LogP contribution in [0.1, 0.15) is 50.0 Å². The second kappa shape index (κ2) is 7.07. The first-order valence-electron chi connectivity index (χ1n) is 7.01. The predicted octanol–water partition coefficient (Wildman–Crippen LogP) is 4.12. The van der Waals surface area contributed by atoms with Crippen molar-refractivity contribution in [3.63, 3.8) is 0 Å². The first kappa shape index (κ1) is 17.0. The van der Waals surface area contributed by atoms with Gasteiger partial charge in [0.05, 0.1) is 0 Å². The van der Waals surface area contributed by atoms with Crippen molar-refractivity contribution in [3.8, 4) is 0 Å². The van der Waals surface area contributed by atoms with Gasteiger partial charge in [-0.3, -0.25) is 9.69 Å². The smallest absolute Gasteiger partial charge is 0.414 e. The standard InChI is InChI=1S/C17H23NO3/c1-6-7-15(14-10-8-13(12-19)9-11-14)18(5)16(20)21-17(2,3)4/h7-12H,6H2,1-5H3/b15-7-. The van der Waals surface area contributed by atoms with Crippen LogP contribution in [0.25, 0.3) is 5.70 Å². The van der Waals surface area contributed by atoms with E-state index < -0.39 is 11.7 Å². The SMILES string of the molecule is CC/C=C(/c1ccc(C=O)cc1)N(C)C(=O)OC(C)(C)C. The fourth-order valence-corrected chi connectivity index (χ4v) is 1.80. The summed E-state index contributed by atoms with van der Waals surface area (Å²) in [6, 6.07) is 7.11. The van der Waals surface area contributed by atoms with Gasteiger partial charge in [-0.15, -0.1) is 0 Å². The predicted molar refractivity (Wildman–Crippen MR) is 84.1 cm³/mol. The zero-order chi connectivity index (χ0) is 16.0. The summed E-state index contributed by atoms with van der Waals surface area (Å²) in [5.41, 5.74) is 1.71. The molecule has 114 valence electrons. The van der Waals surface area contributed by atoms with Gasteiger partial charge >= 0.3 is 6.09 Å². The van der Waals surface area contributed by atoms with Gasteiger partial charge in [0, 0.05) is 18.3 Å². The van der Waals surface area contributed by atoms with Gasteiger partial charge < -0.3 is 4.74 Å². The van der Waals surface area contributed by atoms with Crippen molar-refractivity contribution in [1.29, 1.82) is 0 Å². The van der Waals surface area contributed by atoms with Gasteiger partial charge in [0.15, 0.2) is 0 Å². The molecular formula is C17H23NO3. The molecule has 1 aromatic rings. The van der Waals surface area contributed by atoms with Crippen molar-refractivity contribution >= 4 is 18.1 Å². The number of nitrogens with zero attached hydrogens (tertiary/aromatic N) is 1. The molecule has 0 bridgehead atoms. The zero-order valence-corrected chi connectivity index (χ0v) is 13.3. The van der Waals surface area contributed by atoms with Crippen LogP contribution >= 0.6 is 0 Å². The molecule has 0 fully saturated rings. The van der Waals surface area contributed by atoms with E-state index in [9.17, 15) is 9.59 Å². The van der Waals surface area contributed by atoms with E-state index in [1.54, 1.807) is 19.2 Å². The van der Waals surface area contributed by atoms with E-state index in [-0.39, 0.29) is 0 Å². The Morgan fingerprint density at radius 2 is 1.81 bits per heavy atom. The maximum Gasteiger partial charge on any atom is 0.414 e. The number of aldehydes is 1. The summed E-state index contributed by atoms with van der Waals surface area (Å²) in [6.45, 7) is 7.51. The Bertz CT molecular complexity index is 524. The van der Waals surface area contributed by atoms with Crippen LogP contribution in [0.4, 0.5) is 4.79 Å². The van der Waals surface area contributed by atoms with Crippen LogP contribution in [0.5, 0.6) is 0 Å². The number of benzene rings is 1.